The van der Waals surface area contributed by atoms with Crippen molar-refractivity contribution in [3.05, 3.63) is 35.3 Å². The number of carbonyl (C=O) groups excluding carboxylic acids is 1. The van der Waals surface area contributed by atoms with Crippen LogP contribution < -0.4 is 10.6 Å². The van der Waals surface area contributed by atoms with Gasteiger partial charge in [-0.3, -0.25) is 10.1 Å². The van der Waals surface area contributed by atoms with Crippen LogP contribution in [0.2, 0.25) is 0 Å². The summed E-state index contributed by atoms with van der Waals surface area (Å²) >= 11 is 3.38. The van der Waals surface area contributed by atoms with E-state index in [1.54, 1.807) is 23.1 Å². The number of aryl methyl sites for hydroxylation is 1. The SMILES string of the molecule is Cc1csc(-c2ccc(NC(=O)C3CSCN3)cc2)n1.Cl. The molecule has 0 aliphatic carbocycles. The zero-order chi connectivity index (χ0) is 13.9. The van der Waals surface area contributed by atoms with Gasteiger partial charge in [-0.2, -0.15) is 0 Å². The van der Waals surface area contributed by atoms with Crippen LogP contribution in [0.3, 0.4) is 0 Å². The Morgan fingerprint density at radius 2 is 2.14 bits per heavy atom. The summed E-state index contributed by atoms with van der Waals surface area (Å²) in [5.74, 6) is 1.72. The maximum Gasteiger partial charge on any atom is 0.242 e. The maximum atomic E-state index is 12.0. The summed E-state index contributed by atoms with van der Waals surface area (Å²) in [6.07, 6.45) is 0. The summed E-state index contributed by atoms with van der Waals surface area (Å²) < 4.78 is 0. The molecule has 0 spiro atoms. The van der Waals surface area contributed by atoms with Crippen molar-refractivity contribution in [2.24, 2.45) is 0 Å². The topological polar surface area (TPSA) is 54.0 Å². The summed E-state index contributed by atoms with van der Waals surface area (Å²) in [6, 6.07) is 7.74. The van der Waals surface area contributed by atoms with E-state index in [9.17, 15) is 4.79 Å². The number of rotatable bonds is 3. The van der Waals surface area contributed by atoms with Crippen molar-refractivity contribution in [2.45, 2.75) is 13.0 Å². The smallest absolute Gasteiger partial charge is 0.242 e. The van der Waals surface area contributed by atoms with Gasteiger partial charge in [-0.05, 0) is 31.2 Å². The lowest BCUT2D eigenvalue weighted by molar-refractivity contribution is -0.117. The Morgan fingerprint density at radius 1 is 1.38 bits per heavy atom. The Bertz CT molecular complexity index is 609. The van der Waals surface area contributed by atoms with E-state index < -0.39 is 0 Å². The predicted octanol–water partition coefficient (Wildman–Crippen LogP) is 3.14. The van der Waals surface area contributed by atoms with Gasteiger partial charge < -0.3 is 5.32 Å². The van der Waals surface area contributed by atoms with Gasteiger partial charge in [0.2, 0.25) is 5.91 Å². The fourth-order valence-corrected chi connectivity index (χ4v) is 3.72. The Kier molecular flexibility index (Phi) is 5.64. The molecule has 1 aliphatic rings. The highest BCUT2D eigenvalue weighted by molar-refractivity contribution is 7.99. The summed E-state index contributed by atoms with van der Waals surface area (Å²) in [6.45, 7) is 1.99. The van der Waals surface area contributed by atoms with Gasteiger partial charge in [0.15, 0.2) is 0 Å². The number of hydrogen-bond donors (Lipinski definition) is 2. The normalized spacial score (nSPS) is 17.3. The van der Waals surface area contributed by atoms with Crippen molar-refractivity contribution in [1.82, 2.24) is 10.3 Å². The monoisotopic (exact) mass is 341 g/mol. The Balaban J connectivity index is 0.00000161. The van der Waals surface area contributed by atoms with Gasteiger partial charge in [0.25, 0.3) is 0 Å². The van der Waals surface area contributed by atoms with Gasteiger partial charge in [0.1, 0.15) is 5.01 Å². The number of nitrogens with one attached hydrogen (secondary N) is 2. The van der Waals surface area contributed by atoms with Crippen molar-refractivity contribution >= 4 is 47.1 Å². The van der Waals surface area contributed by atoms with E-state index in [0.29, 0.717) is 0 Å². The van der Waals surface area contributed by atoms with E-state index in [0.717, 1.165) is 33.6 Å². The van der Waals surface area contributed by atoms with Crippen LogP contribution in [-0.4, -0.2) is 28.6 Å². The number of anilines is 1. The molecule has 3 rings (SSSR count). The van der Waals surface area contributed by atoms with Crippen LogP contribution in [-0.2, 0) is 4.79 Å². The Labute approximate surface area is 138 Å². The molecule has 7 heteroatoms. The standard InChI is InChI=1S/C14H15N3OS2.ClH/c1-9-6-20-14(16-9)10-2-4-11(5-3-10)17-13(18)12-7-19-8-15-12;/h2-6,12,15H,7-8H2,1H3,(H,17,18);1H. The molecule has 1 unspecified atom stereocenters. The van der Waals surface area contributed by atoms with Crippen LogP contribution in [0, 0.1) is 6.92 Å². The number of carbonyl (C=O) groups is 1. The minimum absolute atomic E-state index is 0. The molecule has 1 fully saturated rings. The summed E-state index contributed by atoms with van der Waals surface area (Å²) in [4.78, 5) is 16.4. The molecule has 1 saturated heterocycles. The van der Waals surface area contributed by atoms with E-state index in [-0.39, 0.29) is 24.4 Å². The number of amides is 1. The maximum absolute atomic E-state index is 12.0. The number of thioether (sulfide) groups is 1. The Hall–Kier alpha value is -1.08. The van der Waals surface area contributed by atoms with E-state index in [2.05, 4.69) is 15.6 Å². The van der Waals surface area contributed by atoms with Crippen LogP contribution in [0.5, 0.6) is 0 Å². The molecule has 4 nitrogen and oxygen atoms in total. The first-order valence-electron chi connectivity index (χ1n) is 6.37. The van der Waals surface area contributed by atoms with E-state index >= 15 is 0 Å². The van der Waals surface area contributed by atoms with Gasteiger partial charge >= 0.3 is 0 Å². The first-order valence-corrected chi connectivity index (χ1v) is 8.40. The van der Waals surface area contributed by atoms with E-state index in [1.165, 1.54) is 0 Å². The minimum Gasteiger partial charge on any atom is -0.325 e. The molecule has 1 aliphatic heterocycles. The fraction of sp³-hybridized carbons (Fsp3) is 0.286. The third-order valence-corrected chi connectivity index (χ3v) is 5.00. The average molecular weight is 342 g/mol. The van der Waals surface area contributed by atoms with Gasteiger partial charge in [-0.25, -0.2) is 4.98 Å². The number of nitrogens with zero attached hydrogens (tertiary/aromatic N) is 1. The molecule has 1 atom stereocenters. The Morgan fingerprint density at radius 3 is 2.71 bits per heavy atom. The molecule has 2 heterocycles. The zero-order valence-electron chi connectivity index (χ0n) is 11.5. The van der Waals surface area contributed by atoms with E-state index in [1.807, 2.05) is 36.6 Å². The number of hydrogen-bond acceptors (Lipinski definition) is 5. The van der Waals surface area contributed by atoms with Gasteiger partial charge in [-0.1, -0.05) is 0 Å². The average Bonchev–Trinajstić information content (AvgIpc) is 3.10. The molecule has 1 aromatic carbocycles. The van der Waals surface area contributed by atoms with Crippen LogP contribution in [0.15, 0.2) is 29.6 Å². The molecule has 1 amide bonds. The van der Waals surface area contributed by atoms with Gasteiger partial charge in [0.05, 0.1) is 6.04 Å². The highest BCUT2D eigenvalue weighted by Gasteiger charge is 2.22. The van der Waals surface area contributed by atoms with Crippen LogP contribution in [0.4, 0.5) is 5.69 Å². The van der Waals surface area contributed by atoms with Crippen molar-refractivity contribution in [3.63, 3.8) is 0 Å². The lowest BCUT2D eigenvalue weighted by atomic mass is 10.2. The summed E-state index contributed by atoms with van der Waals surface area (Å²) in [5.41, 5.74) is 2.94. The molecule has 0 saturated carbocycles. The molecule has 2 aromatic rings. The highest BCUT2D eigenvalue weighted by atomic mass is 35.5. The molecule has 0 bridgehead atoms. The van der Waals surface area contributed by atoms with Crippen molar-refractivity contribution < 1.29 is 4.79 Å². The first kappa shape index (κ1) is 16.3. The number of benzene rings is 1. The van der Waals surface area contributed by atoms with Crippen molar-refractivity contribution in [2.75, 3.05) is 16.9 Å². The molecular formula is C14H16ClN3OS2. The van der Waals surface area contributed by atoms with E-state index in [4.69, 9.17) is 0 Å². The zero-order valence-corrected chi connectivity index (χ0v) is 13.9. The molecule has 112 valence electrons. The second-order valence-corrected chi connectivity index (χ2v) is 6.52. The summed E-state index contributed by atoms with van der Waals surface area (Å²) in [5, 5.41) is 9.14. The third-order valence-electron chi connectivity index (χ3n) is 3.05. The molecule has 1 aromatic heterocycles. The second-order valence-electron chi connectivity index (χ2n) is 4.63. The highest BCUT2D eigenvalue weighted by Crippen LogP contribution is 2.25. The minimum atomic E-state index is -0.0821. The third kappa shape index (κ3) is 3.97. The van der Waals surface area contributed by atoms with Crippen LogP contribution in [0.25, 0.3) is 10.6 Å². The number of thiazole rings is 1. The van der Waals surface area contributed by atoms with Crippen LogP contribution >= 0.6 is 35.5 Å². The van der Waals surface area contributed by atoms with Crippen molar-refractivity contribution in [1.29, 1.82) is 0 Å². The van der Waals surface area contributed by atoms with Crippen LogP contribution in [0.1, 0.15) is 5.69 Å². The van der Waals surface area contributed by atoms with Crippen molar-refractivity contribution in [3.8, 4) is 10.6 Å². The fourth-order valence-electron chi connectivity index (χ4n) is 1.98. The molecule has 0 radical (unpaired) electrons. The predicted molar refractivity (Wildman–Crippen MR) is 92.4 cm³/mol. The van der Waals surface area contributed by atoms with Gasteiger partial charge in [-0.15, -0.1) is 35.5 Å². The molecular weight excluding hydrogens is 326 g/mol. The molecule has 21 heavy (non-hydrogen) atoms. The lowest BCUT2D eigenvalue weighted by Gasteiger charge is -2.10. The first-order chi connectivity index (χ1) is 9.72. The number of halogens is 1. The summed E-state index contributed by atoms with van der Waals surface area (Å²) in [7, 11) is 0. The lowest BCUT2D eigenvalue weighted by Crippen LogP contribution is -2.37. The quantitative estimate of drug-likeness (QED) is 0.900. The largest absolute Gasteiger partial charge is 0.325 e. The second kappa shape index (κ2) is 7.26. The molecule has 2 N–H and O–H groups in total. The van der Waals surface area contributed by atoms with Gasteiger partial charge in [0, 0.05) is 34.0 Å². The number of aromatic nitrogens is 1.